The predicted octanol–water partition coefficient (Wildman–Crippen LogP) is 4.59. The molecule has 2 heterocycles. The molecule has 0 N–H and O–H groups in total. The van der Waals surface area contributed by atoms with Crippen molar-refractivity contribution < 1.29 is 9.13 Å². The number of methoxy groups -OCH3 is 1. The van der Waals surface area contributed by atoms with Crippen LogP contribution in [0.1, 0.15) is 23.7 Å². The van der Waals surface area contributed by atoms with Gasteiger partial charge in [0.15, 0.2) is 11.6 Å². The van der Waals surface area contributed by atoms with Gasteiger partial charge in [0.2, 0.25) is 0 Å². The van der Waals surface area contributed by atoms with Crippen LogP contribution in [0.2, 0.25) is 0 Å². The summed E-state index contributed by atoms with van der Waals surface area (Å²) in [5, 5.41) is 2.03. The average molecular weight is 325 g/mol. The van der Waals surface area contributed by atoms with Gasteiger partial charge in [-0.1, -0.05) is 6.07 Å². The molecular weight excluding hydrogens is 311 g/mol. The van der Waals surface area contributed by atoms with E-state index in [9.17, 15) is 4.39 Å². The molecule has 6 heteroatoms. The number of hydrogen-bond donors (Lipinski definition) is 0. The number of nitrogens with zero attached hydrogens (tertiary/aromatic N) is 2. The van der Waals surface area contributed by atoms with Crippen molar-refractivity contribution >= 4 is 34.0 Å². The largest absolute Gasteiger partial charge is 0.494 e. The maximum absolute atomic E-state index is 13.8. The van der Waals surface area contributed by atoms with E-state index in [1.165, 1.54) is 18.1 Å². The van der Waals surface area contributed by atoms with E-state index >= 15 is 0 Å². The first kappa shape index (κ1) is 14.4. The monoisotopic (exact) mass is 324 g/mol. The Hall–Kier alpha value is -1.59. The Morgan fingerprint density at radius 2 is 2.29 bits per heavy atom. The molecule has 3 rings (SSSR count). The van der Waals surface area contributed by atoms with Crippen LogP contribution in [-0.2, 0) is 5.88 Å². The fourth-order valence-electron chi connectivity index (χ4n) is 2.49. The number of ether oxygens (including phenoxy) is 1. The highest BCUT2D eigenvalue weighted by Gasteiger charge is 2.19. The number of hydrogen-bond acceptors (Lipinski definition) is 3. The Labute approximate surface area is 130 Å². The number of fused-ring (bicyclic) bond motifs is 1. The molecule has 0 bridgehead atoms. The highest BCUT2D eigenvalue weighted by molar-refractivity contribution is 7.10. The molecule has 0 spiro atoms. The second-order valence-electron chi connectivity index (χ2n) is 4.70. The third kappa shape index (κ3) is 2.40. The van der Waals surface area contributed by atoms with Gasteiger partial charge in [0.05, 0.1) is 30.1 Å². The lowest BCUT2D eigenvalue weighted by Crippen LogP contribution is -2.08. The lowest BCUT2D eigenvalue weighted by Gasteiger charge is -2.16. The summed E-state index contributed by atoms with van der Waals surface area (Å²) in [6.45, 7) is 2.08. The van der Waals surface area contributed by atoms with Crippen LogP contribution in [0.15, 0.2) is 29.6 Å². The van der Waals surface area contributed by atoms with E-state index in [1.54, 1.807) is 17.4 Å². The molecule has 1 aromatic carbocycles. The van der Waals surface area contributed by atoms with Gasteiger partial charge in [0.1, 0.15) is 5.82 Å². The molecular formula is C15H14ClFN2OS. The summed E-state index contributed by atoms with van der Waals surface area (Å²) in [5.74, 6) is 0.789. The molecule has 3 nitrogen and oxygen atoms in total. The lowest BCUT2D eigenvalue weighted by molar-refractivity contribution is 0.387. The van der Waals surface area contributed by atoms with Gasteiger partial charge in [0, 0.05) is 17.0 Å². The summed E-state index contributed by atoms with van der Waals surface area (Å²) in [5.41, 5.74) is 1.41. The zero-order chi connectivity index (χ0) is 15.0. The smallest absolute Gasteiger partial charge is 0.167 e. The summed E-state index contributed by atoms with van der Waals surface area (Å²) >= 11 is 7.69. The van der Waals surface area contributed by atoms with Gasteiger partial charge in [-0.15, -0.1) is 22.9 Å². The highest BCUT2D eigenvalue weighted by Crippen LogP contribution is 2.32. The Bertz CT molecular complexity index is 770. The minimum Gasteiger partial charge on any atom is -0.494 e. The van der Waals surface area contributed by atoms with E-state index in [4.69, 9.17) is 16.3 Å². The van der Waals surface area contributed by atoms with Crippen LogP contribution in [0.4, 0.5) is 4.39 Å². The topological polar surface area (TPSA) is 27.1 Å². The zero-order valence-electron chi connectivity index (χ0n) is 11.6. The van der Waals surface area contributed by atoms with Gasteiger partial charge in [0.25, 0.3) is 0 Å². The van der Waals surface area contributed by atoms with Crippen LogP contribution < -0.4 is 4.74 Å². The molecule has 1 unspecified atom stereocenters. The van der Waals surface area contributed by atoms with Crippen molar-refractivity contribution in [3.05, 3.63) is 46.2 Å². The number of imidazole rings is 1. The van der Waals surface area contributed by atoms with Crippen molar-refractivity contribution in [1.29, 1.82) is 0 Å². The quantitative estimate of drug-likeness (QED) is 0.656. The molecule has 0 fully saturated rings. The van der Waals surface area contributed by atoms with Crippen LogP contribution in [0.5, 0.6) is 5.75 Å². The molecule has 0 saturated heterocycles. The van der Waals surface area contributed by atoms with Crippen LogP contribution in [0.3, 0.4) is 0 Å². The number of rotatable bonds is 4. The molecule has 2 aromatic heterocycles. The predicted molar refractivity (Wildman–Crippen MR) is 83.9 cm³/mol. The second kappa shape index (κ2) is 5.66. The number of benzene rings is 1. The van der Waals surface area contributed by atoms with Gasteiger partial charge < -0.3 is 9.30 Å². The molecule has 0 aliphatic heterocycles. The van der Waals surface area contributed by atoms with Gasteiger partial charge in [-0.2, -0.15) is 0 Å². The Balaban J connectivity index is 2.24. The number of halogens is 2. The fraction of sp³-hybridized carbons (Fsp3) is 0.267. The average Bonchev–Trinajstić information content (AvgIpc) is 3.12. The zero-order valence-corrected chi connectivity index (χ0v) is 13.2. The van der Waals surface area contributed by atoms with Crippen molar-refractivity contribution in [2.45, 2.75) is 18.8 Å². The van der Waals surface area contributed by atoms with Crippen molar-refractivity contribution in [3.8, 4) is 5.75 Å². The summed E-state index contributed by atoms with van der Waals surface area (Å²) < 4.78 is 20.9. The summed E-state index contributed by atoms with van der Waals surface area (Å²) in [6, 6.07) is 7.23. The first-order valence-electron chi connectivity index (χ1n) is 6.49. The van der Waals surface area contributed by atoms with Gasteiger partial charge in [-0.25, -0.2) is 9.37 Å². The second-order valence-corrected chi connectivity index (χ2v) is 5.95. The molecule has 21 heavy (non-hydrogen) atoms. The molecule has 0 saturated carbocycles. The van der Waals surface area contributed by atoms with Crippen LogP contribution in [0.25, 0.3) is 11.0 Å². The van der Waals surface area contributed by atoms with Gasteiger partial charge >= 0.3 is 0 Å². The van der Waals surface area contributed by atoms with Gasteiger partial charge in [-0.3, -0.25) is 0 Å². The Morgan fingerprint density at radius 1 is 1.48 bits per heavy atom. The number of thiophene rings is 1. The SMILES string of the molecule is COc1cc2c(cc1F)nc(CCl)n2C(C)c1cccs1. The molecule has 3 aromatic rings. The Morgan fingerprint density at radius 3 is 2.90 bits per heavy atom. The standard InChI is InChI=1S/C15H14ClFN2OS/c1-9(14-4-3-5-21-14)19-12-7-13(20-2)10(17)6-11(12)18-15(19)8-16/h3-7,9H,8H2,1-2H3. The normalized spacial score (nSPS) is 12.8. The van der Waals surface area contributed by atoms with Crippen molar-refractivity contribution in [2.75, 3.05) is 7.11 Å². The highest BCUT2D eigenvalue weighted by atomic mass is 35.5. The van der Waals surface area contributed by atoms with Crippen LogP contribution in [0, 0.1) is 5.82 Å². The maximum Gasteiger partial charge on any atom is 0.167 e. The molecule has 110 valence electrons. The molecule has 0 amide bonds. The molecule has 1 atom stereocenters. The van der Waals surface area contributed by atoms with E-state index in [0.29, 0.717) is 5.52 Å². The summed E-state index contributed by atoms with van der Waals surface area (Å²) in [7, 11) is 1.45. The molecule has 0 aliphatic rings. The molecule has 0 radical (unpaired) electrons. The van der Waals surface area contributed by atoms with E-state index in [0.717, 1.165) is 11.3 Å². The first-order valence-corrected chi connectivity index (χ1v) is 7.90. The van der Waals surface area contributed by atoms with Gasteiger partial charge in [-0.05, 0) is 18.4 Å². The van der Waals surface area contributed by atoms with Crippen LogP contribution in [-0.4, -0.2) is 16.7 Å². The number of alkyl halides is 1. The molecule has 0 aliphatic carbocycles. The van der Waals surface area contributed by atoms with Crippen LogP contribution >= 0.6 is 22.9 Å². The third-order valence-electron chi connectivity index (χ3n) is 3.50. The van der Waals surface area contributed by atoms with Crippen molar-refractivity contribution in [2.24, 2.45) is 0 Å². The number of aromatic nitrogens is 2. The van der Waals surface area contributed by atoms with E-state index in [-0.39, 0.29) is 17.7 Å². The summed E-state index contributed by atoms with van der Waals surface area (Å²) in [4.78, 5) is 5.64. The van der Waals surface area contributed by atoms with Crippen molar-refractivity contribution in [3.63, 3.8) is 0 Å². The first-order chi connectivity index (χ1) is 10.2. The summed E-state index contributed by atoms with van der Waals surface area (Å²) in [6.07, 6.45) is 0. The third-order valence-corrected chi connectivity index (χ3v) is 4.78. The minimum atomic E-state index is -0.417. The maximum atomic E-state index is 13.8. The lowest BCUT2D eigenvalue weighted by atomic mass is 10.2. The van der Waals surface area contributed by atoms with Crippen molar-refractivity contribution in [1.82, 2.24) is 9.55 Å². The minimum absolute atomic E-state index is 0.0823. The van der Waals surface area contributed by atoms with E-state index in [2.05, 4.69) is 18.0 Å². The van der Waals surface area contributed by atoms with E-state index in [1.807, 2.05) is 16.0 Å². The Kier molecular flexibility index (Phi) is 3.87. The fourth-order valence-corrected chi connectivity index (χ4v) is 3.45. The van der Waals surface area contributed by atoms with E-state index < -0.39 is 5.82 Å².